The first kappa shape index (κ1) is 15.6. The predicted molar refractivity (Wildman–Crippen MR) is 91.6 cm³/mol. The molecule has 4 rings (SSSR count). The summed E-state index contributed by atoms with van der Waals surface area (Å²) < 4.78 is 10.5. The second-order valence-corrected chi connectivity index (χ2v) is 7.37. The van der Waals surface area contributed by atoms with Gasteiger partial charge in [-0.05, 0) is 43.5 Å². The summed E-state index contributed by atoms with van der Waals surface area (Å²) in [6.45, 7) is 0. The Morgan fingerprint density at radius 1 is 1.33 bits per heavy atom. The minimum Gasteiger partial charge on any atom is -0.493 e. The zero-order valence-corrected chi connectivity index (χ0v) is 14.3. The van der Waals surface area contributed by atoms with Crippen LogP contribution in [0.15, 0.2) is 51.0 Å². The van der Waals surface area contributed by atoms with Gasteiger partial charge in [0, 0.05) is 34.7 Å². The van der Waals surface area contributed by atoms with Crippen molar-refractivity contribution in [3.63, 3.8) is 0 Å². The van der Waals surface area contributed by atoms with Gasteiger partial charge in [-0.2, -0.15) is 0 Å². The van der Waals surface area contributed by atoms with E-state index in [1.54, 1.807) is 13.4 Å². The van der Waals surface area contributed by atoms with Crippen LogP contribution in [0.2, 0.25) is 0 Å². The number of methoxy groups -OCH3 is 1. The fraction of sp³-hybridized carbons (Fsp3) is 0.389. The Hall–Kier alpha value is -1.92. The van der Waals surface area contributed by atoms with Crippen LogP contribution < -0.4 is 15.4 Å². The number of rotatable bonds is 5. The molecule has 24 heavy (non-hydrogen) atoms. The highest BCUT2D eigenvalue weighted by Gasteiger charge is 2.39. The highest BCUT2D eigenvalue weighted by atomic mass is 32.2. The molecule has 2 aliphatic heterocycles. The lowest BCUT2D eigenvalue weighted by Gasteiger charge is -2.21. The first-order valence-electron chi connectivity index (χ1n) is 8.18. The number of furan rings is 1. The first-order valence-corrected chi connectivity index (χ1v) is 9.00. The maximum Gasteiger partial charge on any atom is 0.251 e. The van der Waals surface area contributed by atoms with Crippen LogP contribution in [0.5, 0.6) is 5.75 Å². The standard InChI is InChI=1S/C18H20N2O3S/c1-22-13-9-17(23-10-13)24-14-5-2-11(3-6-14)18(21)20-16-8-12-4-7-15(16)19-12/h2-3,5-6,9-10,12,15-16,19H,4,7-8H2,1H3,(H,20,21). The highest BCUT2D eigenvalue weighted by Crippen LogP contribution is 2.32. The van der Waals surface area contributed by atoms with E-state index in [-0.39, 0.29) is 11.9 Å². The third-order valence-corrected chi connectivity index (χ3v) is 5.66. The lowest BCUT2D eigenvalue weighted by atomic mass is 9.95. The maximum atomic E-state index is 12.4. The number of ether oxygens (including phenoxy) is 1. The molecule has 126 valence electrons. The molecule has 2 bridgehead atoms. The SMILES string of the molecule is COc1coc(Sc2ccc(C(=O)NC3CC4CCC3N4)cc2)c1. The molecule has 2 saturated heterocycles. The Labute approximate surface area is 145 Å². The summed E-state index contributed by atoms with van der Waals surface area (Å²) in [6, 6.07) is 10.7. The van der Waals surface area contributed by atoms with Gasteiger partial charge in [-0.3, -0.25) is 4.79 Å². The van der Waals surface area contributed by atoms with Gasteiger partial charge in [0.25, 0.3) is 5.91 Å². The third kappa shape index (κ3) is 3.16. The van der Waals surface area contributed by atoms with Gasteiger partial charge < -0.3 is 19.8 Å². The van der Waals surface area contributed by atoms with Gasteiger partial charge in [-0.15, -0.1) is 0 Å². The number of nitrogens with one attached hydrogen (secondary N) is 2. The number of benzene rings is 1. The minimum atomic E-state index is 0.00516. The molecule has 5 nitrogen and oxygen atoms in total. The lowest BCUT2D eigenvalue weighted by Crippen LogP contribution is -2.42. The Kier molecular flexibility index (Phi) is 4.24. The van der Waals surface area contributed by atoms with Gasteiger partial charge in [0.05, 0.1) is 7.11 Å². The number of carbonyl (C=O) groups excluding carboxylic acids is 1. The van der Waals surface area contributed by atoms with Crippen LogP contribution in [0.25, 0.3) is 0 Å². The summed E-state index contributed by atoms with van der Waals surface area (Å²) in [4.78, 5) is 13.4. The van der Waals surface area contributed by atoms with E-state index in [1.165, 1.54) is 18.2 Å². The molecular formula is C18H20N2O3S. The first-order chi connectivity index (χ1) is 11.7. The minimum absolute atomic E-state index is 0.00516. The Morgan fingerprint density at radius 2 is 2.17 bits per heavy atom. The summed E-state index contributed by atoms with van der Waals surface area (Å²) >= 11 is 1.50. The van der Waals surface area contributed by atoms with Crippen LogP contribution in [0.1, 0.15) is 29.6 Å². The van der Waals surface area contributed by atoms with Crippen LogP contribution in [-0.2, 0) is 0 Å². The van der Waals surface area contributed by atoms with Crippen molar-refractivity contribution in [1.29, 1.82) is 0 Å². The molecule has 1 aromatic heterocycles. The second kappa shape index (κ2) is 6.53. The molecule has 3 unspecified atom stereocenters. The molecule has 0 saturated carbocycles. The molecule has 1 amide bonds. The zero-order valence-electron chi connectivity index (χ0n) is 13.5. The smallest absolute Gasteiger partial charge is 0.251 e. The third-order valence-electron chi connectivity index (χ3n) is 4.74. The molecule has 0 radical (unpaired) electrons. The molecule has 0 aliphatic carbocycles. The van der Waals surface area contributed by atoms with Gasteiger partial charge in [-0.25, -0.2) is 0 Å². The number of amides is 1. The largest absolute Gasteiger partial charge is 0.493 e. The van der Waals surface area contributed by atoms with Crippen molar-refractivity contribution in [3.05, 3.63) is 42.2 Å². The summed E-state index contributed by atoms with van der Waals surface area (Å²) in [6.07, 6.45) is 5.02. The number of fused-ring (bicyclic) bond motifs is 2. The Morgan fingerprint density at radius 3 is 2.79 bits per heavy atom. The van der Waals surface area contributed by atoms with E-state index >= 15 is 0 Å². The van der Waals surface area contributed by atoms with Crippen LogP contribution in [0.3, 0.4) is 0 Å². The second-order valence-electron chi connectivity index (χ2n) is 6.30. The van der Waals surface area contributed by atoms with Gasteiger partial charge in [0.2, 0.25) is 0 Å². The van der Waals surface area contributed by atoms with Gasteiger partial charge >= 0.3 is 0 Å². The van der Waals surface area contributed by atoms with Gasteiger partial charge in [0.15, 0.2) is 10.8 Å². The number of carbonyl (C=O) groups is 1. The van der Waals surface area contributed by atoms with Crippen molar-refractivity contribution in [2.45, 2.75) is 47.4 Å². The average molecular weight is 344 g/mol. The number of hydrogen-bond acceptors (Lipinski definition) is 5. The molecule has 1 aromatic carbocycles. The van der Waals surface area contributed by atoms with Gasteiger partial charge in [-0.1, -0.05) is 11.8 Å². The van der Waals surface area contributed by atoms with Crippen LogP contribution in [0.4, 0.5) is 0 Å². The quantitative estimate of drug-likeness (QED) is 0.873. The fourth-order valence-electron chi connectivity index (χ4n) is 3.49. The molecule has 0 spiro atoms. The highest BCUT2D eigenvalue weighted by molar-refractivity contribution is 7.99. The van der Waals surface area contributed by atoms with Crippen molar-refractivity contribution in [2.24, 2.45) is 0 Å². The molecule has 3 heterocycles. The van der Waals surface area contributed by atoms with E-state index in [2.05, 4.69) is 10.6 Å². The fourth-order valence-corrected chi connectivity index (χ4v) is 4.26. The molecule has 6 heteroatoms. The Bertz CT molecular complexity index is 728. The Balaban J connectivity index is 1.37. The number of hydrogen-bond donors (Lipinski definition) is 2. The van der Waals surface area contributed by atoms with E-state index < -0.39 is 0 Å². The van der Waals surface area contributed by atoms with Crippen molar-refractivity contribution < 1.29 is 13.9 Å². The van der Waals surface area contributed by atoms with E-state index in [1.807, 2.05) is 30.3 Å². The molecule has 2 aromatic rings. The van der Waals surface area contributed by atoms with Crippen molar-refractivity contribution in [3.8, 4) is 5.75 Å². The lowest BCUT2D eigenvalue weighted by molar-refractivity contribution is 0.0931. The molecule has 2 aliphatic rings. The predicted octanol–water partition coefficient (Wildman–Crippen LogP) is 3.06. The molecule has 2 N–H and O–H groups in total. The van der Waals surface area contributed by atoms with E-state index in [9.17, 15) is 4.79 Å². The monoisotopic (exact) mass is 344 g/mol. The molecule has 2 fully saturated rings. The average Bonchev–Trinajstić information content (AvgIpc) is 3.32. The van der Waals surface area contributed by atoms with Crippen LogP contribution in [-0.4, -0.2) is 31.1 Å². The van der Waals surface area contributed by atoms with Crippen LogP contribution in [0, 0.1) is 0 Å². The van der Waals surface area contributed by atoms with Crippen molar-refractivity contribution in [1.82, 2.24) is 10.6 Å². The normalized spacial score (nSPS) is 25.0. The maximum absolute atomic E-state index is 12.4. The molecule has 3 atom stereocenters. The van der Waals surface area contributed by atoms with E-state index in [0.717, 1.165) is 22.8 Å². The van der Waals surface area contributed by atoms with Gasteiger partial charge in [0.1, 0.15) is 6.26 Å². The summed E-state index contributed by atoms with van der Waals surface area (Å²) in [5.74, 6) is 0.707. The molecular weight excluding hydrogens is 324 g/mol. The summed E-state index contributed by atoms with van der Waals surface area (Å²) in [5, 5.41) is 7.46. The van der Waals surface area contributed by atoms with E-state index in [0.29, 0.717) is 23.4 Å². The van der Waals surface area contributed by atoms with Crippen molar-refractivity contribution in [2.75, 3.05) is 7.11 Å². The summed E-state index contributed by atoms with van der Waals surface area (Å²) in [5.41, 5.74) is 0.694. The van der Waals surface area contributed by atoms with Crippen LogP contribution >= 0.6 is 11.8 Å². The van der Waals surface area contributed by atoms with Crippen molar-refractivity contribution >= 4 is 17.7 Å². The zero-order chi connectivity index (χ0) is 16.5. The topological polar surface area (TPSA) is 63.5 Å². The van der Waals surface area contributed by atoms with E-state index in [4.69, 9.17) is 9.15 Å². The summed E-state index contributed by atoms with van der Waals surface area (Å²) in [7, 11) is 1.61.